The van der Waals surface area contributed by atoms with Gasteiger partial charge >= 0.3 is 5.97 Å². The van der Waals surface area contributed by atoms with Gasteiger partial charge in [-0.05, 0) is 12.8 Å². The third-order valence-electron chi connectivity index (χ3n) is 2.00. The van der Waals surface area contributed by atoms with Gasteiger partial charge < -0.3 is 26.0 Å². The standard InChI is InChI=1S/C9H18N2O5/c1-16-4-2-3-6(10)8(13)11-7(5-12)9(14)15/h6-7,12H,2-5,10H2,1H3,(H,11,13)(H,14,15)/t6?,7-/m0/s1. The van der Waals surface area contributed by atoms with E-state index in [1.807, 2.05) is 0 Å². The number of carboxylic acids is 1. The highest BCUT2D eigenvalue weighted by atomic mass is 16.5. The molecule has 0 aromatic carbocycles. The molecule has 0 radical (unpaired) electrons. The van der Waals surface area contributed by atoms with Crippen LogP contribution in [-0.2, 0) is 14.3 Å². The molecule has 7 nitrogen and oxygen atoms in total. The summed E-state index contributed by atoms with van der Waals surface area (Å²) in [5.74, 6) is -1.88. The maximum Gasteiger partial charge on any atom is 0.328 e. The van der Waals surface area contributed by atoms with Gasteiger partial charge in [-0.15, -0.1) is 0 Å². The van der Waals surface area contributed by atoms with Crippen molar-refractivity contribution in [2.75, 3.05) is 20.3 Å². The molecule has 2 atom stereocenters. The van der Waals surface area contributed by atoms with E-state index in [2.05, 4.69) is 5.32 Å². The molecule has 1 unspecified atom stereocenters. The highest BCUT2D eigenvalue weighted by molar-refractivity contribution is 5.86. The third-order valence-corrected chi connectivity index (χ3v) is 2.00. The molecule has 0 rings (SSSR count). The first-order valence-corrected chi connectivity index (χ1v) is 4.91. The van der Waals surface area contributed by atoms with Crippen molar-refractivity contribution in [1.29, 1.82) is 0 Å². The fraction of sp³-hybridized carbons (Fsp3) is 0.778. The molecule has 5 N–H and O–H groups in total. The number of rotatable bonds is 8. The maximum atomic E-state index is 11.4. The van der Waals surface area contributed by atoms with Crippen molar-refractivity contribution in [3.63, 3.8) is 0 Å². The Morgan fingerprint density at radius 2 is 2.12 bits per heavy atom. The van der Waals surface area contributed by atoms with Crippen LogP contribution in [0.3, 0.4) is 0 Å². The van der Waals surface area contributed by atoms with Crippen LogP contribution in [0, 0.1) is 0 Å². The Kier molecular flexibility index (Phi) is 7.44. The number of aliphatic carboxylic acids is 1. The van der Waals surface area contributed by atoms with Gasteiger partial charge in [0.25, 0.3) is 0 Å². The molecule has 0 aliphatic heterocycles. The van der Waals surface area contributed by atoms with Crippen molar-refractivity contribution >= 4 is 11.9 Å². The van der Waals surface area contributed by atoms with Crippen LogP contribution in [0.2, 0.25) is 0 Å². The number of methoxy groups -OCH3 is 1. The van der Waals surface area contributed by atoms with Gasteiger partial charge in [-0.25, -0.2) is 4.79 Å². The highest BCUT2D eigenvalue weighted by Gasteiger charge is 2.21. The minimum atomic E-state index is -1.30. The first-order valence-electron chi connectivity index (χ1n) is 4.91. The number of carbonyl (C=O) groups excluding carboxylic acids is 1. The number of aliphatic hydroxyl groups excluding tert-OH is 1. The normalized spacial score (nSPS) is 14.2. The molecule has 0 saturated heterocycles. The van der Waals surface area contributed by atoms with Gasteiger partial charge in [-0.1, -0.05) is 0 Å². The number of amides is 1. The van der Waals surface area contributed by atoms with Crippen molar-refractivity contribution < 1.29 is 24.5 Å². The largest absolute Gasteiger partial charge is 0.480 e. The fourth-order valence-electron chi connectivity index (χ4n) is 1.04. The lowest BCUT2D eigenvalue weighted by molar-refractivity contribution is -0.143. The van der Waals surface area contributed by atoms with E-state index >= 15 is 0 Å². The molecule has 0 aliphatic carbocycles. The zero-order valence-electron chi connectivity index (χ0n) is 9.18. The molecule has 0 aliphatic rings. The lowest BCUT2D eigenvalue weighted by atomic mass is 10.1. The number of nitrogens with one attached hydrogen (secondary N) is 1. The first-order chi connectivity index (χ1) is 7.52. The molecule has 7 heteroatoms. The van der Waals surface area contributed by atoms with E-state index in [-0.39, 0.29) is 0 Å². The Bertz CT molecular complexity index is 234. The smallest absolute Gasteiger partial charge is 0.328 e. The van der Waals surface area contributed by atoms with E-state index in [9.17, 15) is 9.59 Å². The SMILES string of the molecule is COCCCC(N)C(=O)N[C@@H](CO)C(=O)O. The van der Waals surface area contributed by atoms with Crippen LogP contribution in [0.15, 0.2) is 0 Å². The van der Waals surface area contributed by atoms with Gasteiger partial charge in [-0.2, -0.15) is 0 Å². The first kappa shape index (κ1) is 14.8. The summed E-state index contributed by atoms with van der Waals surface area (Å²) in [4.78, 5) is 21.9. The number of carboxylic acid groups (broad SMARTS) is 1. The van der Waals surface area contributed by atoms with Gasteiger partial charge in [0.15, 0.2) is 0 Å². The Morgan fingerprint density at radius 1 is 1.50 bits per heavy atom. The van der Waals surface area contributed by atoms with Crippen LogP contribution in [0.4, 0.5) is 0 Å². The van der Waals surface area contributed by atoms with Crippen LogP contribution >= 0.6 is 0 Å². The summed E-state index contributed by atoms with van der Waals surface area (Å²) in [6.07, 6.45) is 1.01. The van der Waals surface area contributed by atoms with E-state index in [0.717, 1.165) is 0 Å². The Morgan fingerprint density at radius 3 is 2.56 bits per heavy atom. The van der Waals surface area contributed by atoms with E-state index in [1.54, 1.807) is 0 Å². The molecule has 94 valence electrons. The van der Waals surface area contributed by atoms with E-state index in [4.69, 9.17) is 20.7 Å². The predicted octanol–water partition coefficient (Wildman–Crippen LogP) is -1.70. The Hall–Kier alpha value is -1.18. The minimum absolute atomic E-state index is 0.400. The summed E-state index contributed by atoms with van der Waals surface area (Å²) in [6, 6.07) is -2.09. The van der Waals surface area contributed by atoms with Crippen molar-refractivity contribution in [2.24, 2.45) is 5.73 Å². The summed E-state index contributed by atoms with van der Waals surface area (Å²) in [5, 5.41) is 19.4. The zero-order chi connectivity index (χ0) is 12.6. The average molecular weight is 234 g/mol. The van der Waals surface area contributed by atoms with Crippen LogP contribution in [0.25, 0.3) is 0 Å². The van der Waals surface area contributed by atoms with E-state index < -0.39 is 30.6 Å². The summed E-state index contributed by atoms with van der Waals surface area (Å²) < 4.78 is 4.79. The van der Waals surface area contributed by atoms with Crippen molar-refractivity contribution in [3.8, 4) is 0 Å². The lowest BCUT2D eigenvalue weighted by Crippen LogP contribution is -2.50. The molecule has 0 aromatic rings. The molecule has 0 fully saturated rings. The summed E-state index contributed by atoms with van der Waals surface area (Å²) >= 11 is 0. The zero-order valence-corrected chi connectivity index (χ0v) is 9.18. The summed E-state index contributed by atoms with van der Waals surface area (Å²) in [6.45, 7) is -0.171. The number of hydrogen-bond donors (Lipinski definition) is 4. The molecule has 0 aromatic heterocycles. The number of hydrogen-bond acceptors (Lipinski definition) is 5. The molecule has 0 saturated carbocycles. The molecule has 0 heterocycles. The average Bonchev–Trinajstić information content (AvgIpc) is 2.25. The molecular weight excluding hydrogens is 216 g/mol. The Labute approximate surface area is 93.6 Å². The van der Waals surface area contributed by atoms with Crippen LogP contribution in [-0.4, -0.2) is 54.5 Å². The number of aliphatic hydroxyl groups is 1. The van der Waals surface area contributed by atoms with Gasteiger partial charge in [0, 0.05) is 13.7 Å². The number of carbonyl (C=O) groups is 2. The molecular formula is C9H18N2O5. The van der Waals surface area contributed by atoms with Crippen molar-refractivity contribution in [3.05, 3.63) is 0 Å². The number of nitrogens with two attached hydrogens (primary N) is 1. The maximum absolute atomic E-state index is 11.4. The molecule has 0 bridgehead atoms. The lowest BCUT2D eigenvalue weighted by Gasteiger charge is -2.15. The second-order valence-corrected chi connectivity index (χ2v) is 3.32. The van der Waals surface area contributed by atoms with Crippen LogP contribution < -0.4 is 11.1 Å². The monoisotopic (exact) mass is 234 g/mol. The second-order valence-electron chi connectivity index (χ2n) is 3.32. The predicted molar refractivity (Wildman–Crippen MR) is 55.7 cm³/mol. The van der Waals surface area contributed by atoms with Gasteiger partial charge in [0.1, 0.15) is 6.04 Å². The topological polar surface area (TPSA) is 122 Å². The highest BCUT2D eigenvalue weighted by Crippen LogP contribution is 1.96. The molecule has 0 spiro atoms. The van der Waals surface area contributed by atoms with Crippen molar-refractivity contribution in [2.45, 2.75) is 24.9 Å². The summed E-state index contributed by atoms with van der Waals surface area (Å²) in [7, 11) is 1.54. The summed E-state index contributed by atoms with van der Waals surface area (Å²) in [5.41, 5.74) is 5.52. The number of ether oxygens (including phenoxy) is 1. The quantitative estimate of drug-likeness (QED) is 0.371. The third kappa shape index (κ3) is 5.64. The van der Waals surface area contributed by atoms with Gasteiger partial charge in [-0.3, -0.25) is 4.79 Å². The molecule has 1 amide bonds. The second kappa shape index (κ2) is 8.03. The fourth-order valence-corrected chi connectivity index (χ4v) is 1.04. The van der Waals surface area contributed by atoms with Gasteiger partial charge in [0.2, 0.25) is 5.91 Å². The molecule has 16 heavy (non-hydrogen) atoms. The van der Waals surface area contributed by atoms with Crippen LogP contribution in [0.1, 0.15) is 12.8 Å². The minimum Gasteiger partial charge on any atom is -0.480 e. The van der Waals surface area contributed by atoms with Crippen LogP contribution in [0.5, 0.6) is 0 Å². The Balaban J connectivity index is 3.98. The van der Waals surface area contributed by atoms with E-state index in [0.29, 0.717) is 19.4 Å². The van der Waals surface area contributed by atoms with E-state index in [1.165, 1.54) is 7.11 Å². The van der Waals surface area contributed by atoms with Gasteiger partial charge in [0.05, 0.1) is 12.6 Å². The van der Waals surface area contributed by atoms with Crippen molar-refractivity contribution in [1.82, 2.24) is 5.32 Å².